The first-order valence-electron chi connectivity index (χ1n) is 10.5. The zero-order valence-corrected chi connectivity index (χ0v) is 22.2. The lowest BCUT2D eigenvalue weighted by Crippen LogP contribution is -2.39. The van der Waals surface area contributed by atoms with E-state index in [1.807, 2.05) is 37.3 Å². The molecule has 0 amide bonds. The molecule has 4 rings (SSSR count). The van der Waals surface area contributed by atoms with Gasteiger partial charge in [0.2, 0.25) is 0 Å². The van der Waals surface area contributed by atoms with Crippen molar-refractivity contribution in [1.29, 1.82) is 0 Å². The summed E-state index contributed by atoms with van der Waals surface area (Å²) in [6.07, 6.45) is 1.76. The van der Waals surface area contributed by atoms with E-state index in [4.69, 9.17) is 21.1 Å². The Morgan fingerprint density at radius 3 is 2.59 bits per heavy atom. The van der Waals surface area contributed by atoms with Gasteiger partial charge in [0.1, 0.15) is 0 Å². The van der Waals surface area contributed by atoms with Crippen LogP contribution in [0.1, 0.15) is 36.6 Å². The molecule has 34 heavy (non-hydrogen) atoms. The van der Waals surface area contributed by atoms with Gasteiger partial charge >= 0.3 is 5.97 Å². The lowest BCUT2D eigenvalue weighted by molar-refractivity contribution is -0.139. The SMILES string of the molecule is CCOC(=O)C1=C(C)N=c2s/c(=C/c3cc(Cl)c(OC)c(Br)c3)c(=O)n2[C@H]1c1ccc(C)cc1. The van der Waals surface area contributed by atoms with E-state index in [9.17, 15) is 9.59 Å². The highest BCUT2D eigenvalue weighted by atomic mass is 79.9. The van der Waals surface area contributed by atoms with Crippen LogP contribution in [-0.2, 0) is 9.53 Å². The van der Waals surface area contributed by atoms with Crippen LogP contribution in [0, 0.1) is 6.92 Å². The summed E-state index contributed by atoms with van der Waals surface area (Å²) in [5.41, 5.74) is 3.28. The predicted molar refractivity (Wildman–Crippen MR) is 137 cm³/mol. The molecular formula is C25H22BrClN2O4S. The minimum atomic E-state index is -0.635. The van der Waals surface area contributed by atoms with Gasteiger partial charge in [0, 0.05) is 0 Å². The van der Waals surface area contributed by atoms with Crippen LogP contribution >= 0.6 is 38.9 Å². The van der Waals surface area contributed by atoms with Crippen molar-refractivity contribution < 1.29 is 14.3 Å². The molecule has 0 unspecified atom stereocenters. The molecule has 0 saturated heterocycles. The van der Waals surface area contributed by atoms with Crippen LogP contribution in [0.2, 0.25) is 5.02 Å². The number of aryl methyl sites for hydroxylation is 1. The summed E-state index contributed by atoms with van der Waals surface area (Å²) in [7, 11) is 1.54. The van der Waals surface area contributed by atoms with E-state index < -0.39 is 12.0 Å². The Morgan fingerprint density at radius 1 is 1.26 bits per heavy atom. The summed E-state index contributed by atoms with van der Waals surface area (Å²) in [5.74, 6) is 0.0452. The predicted octanol–water partition coefficient (Wildman–Crippen LogP) is 4.53. The largest absolute Gasteiger partial charge is 0.494 e. The molecule has 3 aromatic rings. The van der Waals surface area contributed by atoms with Gasteiger partial charge in [0.15, 0.2) is 10.6 Å². The Hall–Kier alpha value is -2.68. The molecule has 176 valence electrons. The van der Waals surface area contributed by atoms with Gasteiger partial charge in [-0.15, -0.1) is 0 Å². The van der Waals surface area contributed by atoms with Crippen molar-refractivity contribution in [2.24, 2.45) is 4.99 Å². The van der Waals surface area contributed by atoms with Crippen LogP contribution < -0.4 is 19.6 Å². The molecule has 1 atom stereocenters. The molecule has 0 N–H and O–H groups in total. The normalized spacial score (nSPS) is 15.7. The van der Waals surface area contributed by atoms with Gasteiger partial charge in [-0.25, -0.2) is 9.79 Å². The molecule has 6 nitrogen and oxygen atoms in total. The molecule has 0 saturated carbocycles. The van der Waals surface area contributed by atoms with E-state index in [2.05, 4.69) is 20.9 Å². The topological polar surface area (TPSA) is 69.9 Å². The molecule has 0 fully saturated rings. The van der Waals surface area contributed by atoms with E-state index in [0.29, 0.717) is 35.8 Å². The molecular weight excluding hydrogens is 540 g/mol. The van der Waals surface area contributed by atoms with Crippen LogP contribution in [0.5, 0.6) is 5.75 Å². The number of rotatable bonds is 5. The molecule has 0 radical (unpaired) electrons. The van der Waals surface area contributed by atoms with Crippen LogP contribution in [0.4, 0.5) is 0 Å². The summed E-state index contributed by atoms with van der Waals surface area (Å²) < 4.78 is 13.3. The third kappa shape index (κ3) is 4.50. The van der Waals surface area contributed by atoms with E-state index in [-0.39, 0.29) is 12.2 Å². The standard InChI is InChI=1S/C25H22BrClN2O4S/c1-5-33-24(31)20-14(3)28-25-29(21(20)16-8-6-13(2)7-9-16)23(30)19(34-25)12-15-10-17(26)22(32-4)18(27)11-15/h6-12,21H,5H2,1-4H3/b19-12+/t21-/m0/s1. The summed E-state index contributed by atoms with van der Waals surface area (Å²) in [6, 6.07) is 10.7. The Kier molecular flexibility index (Phi) is 7.12. The highest BCUT2D eigenvalue weighted by Crippen LogP contribution is 2.34. The Morgan fingerprint density at radius 2 is 1.97 bits per heavy atom. The van der Waals surface area contributed by atoms with Gasteiger partial charge < -0.3 is 9.47 Å². The molecule has 1 aliphatic rings. The minimum absolute atomic E-state index is 0.230. The average molecular weight is 562 g/mol. The summed E-state index contributed by atoms with van der Waals surface area (Å²) in [5, 5.41) is 0.425. The number of carbonyl (C=O) groups excluding carboxylic acids is 1. The first-order chi connectivity index (χ1) is 16.2. The van der Waals surface area contributed by atoms with Crippen molar-refractivity contribution in [3.8, 4) is 5.75 Å². The lowest BCUT2D eigenvalue weighted by Gasteiger charge is -2.24. The van der Waals surface area contributed by atoms with Crippen molar-refractivity contribution in [2.75, 3.05) is 13.7 Å². The van der Waals surface area contributed by atoms with Crippen molar-refractivity contribution in [2.45, 2.75) is 26.8 Å². The Balaban J connectivity index is 1.94. The van der Waals surface area contributed by atoms with E-state index in [1.54, 1.807) is 30.6 Å². The third-order valence-electron chi connectivity index (χ3n) is 5.43. The number of benzene rings is 2. The quantitative estimate of drug-likeness (QED) is 0.429. The maximum atomic E-state index is 13.6. The second-order valence-corrected chi connectivity index (χ2v) is 10.0. The summed E-state index contributed by atoms with van der Waals surface area (Å²) in [4.78, 5) is 31.7. The number of ether oxygens (including phenoxy) is 2. The zero-order valence-electron chi connectivity index (χ0n) is 19.0. The van der Waals surface area contributed by atoms with Gasteiger partial charge in [-0.3, -0.25) is 9.36 Å². The Labute approximate surface area is 213 Å². The zero-order chi connectivity index (χ0) is 24.6. The maximum Gasteiger partial charge on any atom is 0.338 e. The van der Waals surface area contributed by atoms with Gasteiger partial charge in [-0.1, -0.05) is 52.8 Å². The average Bonchev–Trinajstić information content (AvgIpc) is 3.08. The number of aromatic nitrogens is 1. The number of carbonyl (C=O) groups is 1. The smallest absolute Gasteiger partial charge is 0.338 e. The number of allylic oxidation sites excluding steroid dienone is 1. The van der Waals surface area contributed by atoms with E-state index in [1.165, 1.54) is 18.4 Å². The molecule has 1 aromatic heterocycles. The number of esters is 1. The fourth-order valence-corrected chi connectivity index (χ4v) is 5.97. The van der Waals surface area contributed by atoms with Crippen molar-refractivity contribution in [3.63, 3.8) is 0 Å². The van der Waals surface area contributed by atoms with E-state index in [0.717, 1.165) is 16.7 Å². The fraction of sp³-hybridized carbons (Fsp3) is 0.240. The first kappa shape index (κ1) is 24.4. The monoisotopic (exact) mass is 560 g/mol. The number of nitrogens with zero attached hydrogens (tertiary/aromatic N) is 2. The summed E-state index contributed by atoms with van der Waals surface area (Å²) in [6.45, 7) is 5.74. The molecule has 9 heteroatoms. The van der Waals surface area contributed by atoms with Crippen LogP contribution in [0.15, 0.2) is 61.9 Å². The number of thiazole rings is 1. The second kappa shape index (κ2) is 9.90. The van der Waals surface area contributed by atoms with Gasteiger partial charge in [-0.05, 0) is 66.0 Å². The third-order valence-corrected chi connectivity index (χ3v) is 7.29. The number of hydrogen-bond acceptors (Lipinski definition) is 6. The van der Waals surface area contributed by atoms with E-state index >= 15 is 0 Å². The molecule has 0 bridgehead atoms. The summed E-state index contributed by atoms with van der Waals surface area (Å²) >= 11 is 11.0. The maximum absolute atomic E-state index is 13.6. The molecule has 1 aliphatic heterocycles. The second-order valence-electron chi connectivity index (χ2n) is 7.73. The molecule has 2 heterocycles. The lowest BCUT2D eigenvalue weighted by atomic mass is 9.95. The molecule has 2 aromatic carbocycles. The Bertz CT molecular complexity index is 1470. The van der Waals surface area contributed by atoms with Crippen LogP contribution in [0.3, 0.4) is 0 Å². The van der Waals surface area contributed by atoms with Crippen molar-refractivity contribution in [3.05, 3.63) is 93.5 Å². The molecule has 0 aliphatic carbocycles. The molecule has 0 spiro atoms. The van der Waals surface area contributed by atoms with Gasteiger partial charge in [0.25, 0.3) is 5.56 Å². The number of fused-ring (bicyclic) bond motifs is 1. The van der Waals surface area contributed by atoms with Gasteiger partial charge in [-0.2, -0.15) is 0 Å². The fourth-order valence-electron chi connectivity index (χ4n) is 3.86. The van der Waals surface area contributed by atoms with Gasteiger partial charge in [0.05, 0.1) is 45.1 Å². The van der Waals surface area contributed by atoms with Crippen molar-refractivity contribution >= 4 is 50.9 Å². The van der Waals surface area contributed by atoms with Crippen molar-refractivity contribution in [1.82, 2.24) is 4.57 Å². The minimum Gasteiger partial charge on any atom is -0.494 e. The number of methoxy groups -OCH3 is 1. The van der Waals surface area contributed by atoms with Crippen LogP contribution in [0.25, 0.3) is 6.08 Å². The highest BCUT2D eigenvalue weighted by molar-refractivity contribution is 9.10. The first-order valence-corrected chi connectivity index (χ1v) is 12.5. The number of hydrogen-bond donors (Lipinski definition) is 0. The number of halogens is 2. The van der Waals surface area contributed by atoms with Crippen LogP contribution in [-0.4, -0.2) is 24.3 Å². The highest BCUT2D eigenvalue weighted by Gasteiger charge is 2.33.